The molecule has 1 amide bonds. The molecule has 2 fully saturated rings. The van der Waals surface area contributed by atoms with Crippen LogP contribution in [0.25, 0.3) is 10.9 Å². The van der Waals surface area contributed by atoms with Crippen molar-refractivity contribution in [3.8, 4) is 11.8 Å². The predicted octanol–water partition coefficient (Wildman–Crippen LogP) is 4.33. The number of benzene rings is 1. The molecule has 4 aromatic rings. The number of aromatic amines is 1. The average molecular weight is 585 g/mol. The number of nitrogens with one attached hydrogen (secondary N) is 2. The van der Waals surface area contributed by atoms with Gasteiger partial charge < -0.3 is 19.6 Å². The molecular formula is C33H34F2N6O2. The molecule has 222 valence electrons. The molecule has 1 aliphatic carbocycles. The third-order valence-electron chi connectivity index (χ3n) is 9.12. The van der Waals surface area contributed by atoms with Crippen molar-refractivity contribution in [3.63, 3.8) is 0 Å². The van der Waals surface area contributed by atoms with Gasteiger partial charge in [-0.15, -0.1) is 0 Å². The minimum absolute atomic E-state index is 0.152. The number of ether oxygens (including phenoxy) is 1. The maximum Gasteiger partial charge on any atom is 0.270 e. The highest BCUT2D eigenvalue weighted by Gasteiger charge is 2.43. The molecular weight excluding hydrogens is 550 g/mol. The fraction of sp³-hybridized carbons (Fsp3) is 0.424. The molecule has 10 heteroatoms. The van der Waals surface area contributed by atoms with E-state index in [0.29, 0.717) is 51.4 Å². The number of carbonyl (C=O) groups excluding carboxylic acids is 1. The van der Waals surface area contributed by atoms with Crippen LogP contribution in [0.3, 0.4) is 0 Å². The highest BCUT2D eigenvalue weighted by Crippen LogP contribution is 2.41. The van der Waals surface area contributed by atoms with Crippen molar-refractivity contribution in [1.29, 1.82) is 0 Å². The Labute approximate surface area is 248 Å². The summed E-state index contributed by atoms with van der Waals surface area (Å²) in [6.45, 7) is 4.76. The lowest BCUT2D eigenvalue weighted by molar-refractivity contribution is 0.0936. The monoisotopic (exact) mass is 584 g/mol. The van der Waals surface area contributed by atoms with E-state index in [1.807, 2.05) is 19.1 Å². The molecule has 1 saturated heterocycles. The van der Waals surface area contributed by atoms with Crippen LogP contribution in [0.5, 0.6) is 0 Å². The van der Waals surface area contributed by atoms with Crippen molar-refractivity contribution < 1.29 is 18.3 Å². The second-order valence-corrected chi connectivity index (χ2v) is 12.0. The zero-order valence-electron chi connectivity index (χ0n) is 24.2. The lowest BCUT2D eigenvalue weighted by Gasteiger charge is -2.29. The molecule has 0 radical (unpaired) electrons. The quantitative estimate of drug-likeness (QED) is 0.316. The first-order chi connectivity index (χ1) is 20.9. The predicted molar refractivity (Wildman–Crippen MR) is 158 cm³/mol. The second-order valence-electron chi connectivity index (χ2n) is 12.0. The van der Waals surface area contributed by atoms with E-state index in [1.54, 1.807) is 42.3 Å². The number of fused-ring (bicyclic) bond motifs is 4. The molecule has 0 spiro atoms. The van der Waals surface area contributed by atoms with Crippen LogP contribution in [0.4, 0.5) is 8.78 Å². The van der Waals surface area contributed by atoms with Crippen LogP contribution in [0.2, 0.25) is 0 Å². The molecule has 3 aliphatic rings. The molecule has 5 atom stereocenters. The van der Waals surface area contributed by atoms with Crippen molar-refractivity contribution >= 4 is 16.8 Å². The van der Waals surface area contributed by atoms with Crippen LogP contribution < -0.4 is 5.32 Å². The average Bonchev–Trinajstić information content (AvgIpc) is 3.81. The first-order valence-electron chi connectivity index (χ1n) is 14.9. The maximum atomic E-state index is 15.7. The van der Waals surface area contributed by atoms with Gasteiger partial charge in [-0.25, -0.2) is 18.7 Å². The summed E-state index contributed by atoms with van der Waals surface area (Å²) >= 11 is 0. The van der Waals surface area contributed by atoms with Gasteiger partial charge in [0.2, 0.25) is 0 Å². The van der Waals surface area contributed by atoms with E-state index in [4.69, 9.17) is 4.74 Å². The molecule has 2 N–H and O–H groups in total. The molecule has 1 aromatic carbocycles. The number of alkyl halides is 1. The number of hydrogen-bond acceptors (Lipinski definition) is 5. The van der Waals surface area contributed by atoms with Crippen LogP contribution >= 0.6 is 0 Å². The molecule has 2 bridgehead atoms. The van der Waals surface area contributed by atoms with Gasteiger partial charge in [-0.1, -0.05) is 24.0 Å². The smallest absolute Gasteiger partial charge is 0.270 e. The summed E-state index contributed by atoms with van der Waals surface area (Å²) in [7, 11) is 1.73. The Morgan fingerprint density at radius 3 is 2.91 bits per heavy atom. The van der Waals surface area contributed by atoms with Crippen LogP contribution in [0.15, 0.2) is 42.7 Å². The number of amides is 1. The van der Waals surface area contributed by atoms with Crippen molar-refractivity contribution in [1.82, 2.24) is 29.7 Å². The number of halogens is 2. The Kier molecular flexibility index (Phi) is 7.23. The Morgan fingerprint density at radius 2 is 2.12 bits per heavy atom. The number of nitrogens with zero attached hydrogens (tertiary/aromatic N) is 4. The second kappa shape index (κ2) is 11.2. The zero-order valence-corrected chi connectivity index (χ0v) is 24.2. The Morgan fingerprint density at radius 1 is 1.26 bits per heavy atom. The number of carbonyl (C=O) groups is 1. The first kappa shape index (κ1) is 27.7. The van der Waals surface area contributed by atoms with Gasteiger partial charge in [-0.3, -0.25) is 9.69 Å². The number of pyridine rings is 1. The van der Waals surface area contributed by atoms with Gasteiger partial charge in [0.25, 0.3) is 5.91 Å². The standard InChI is InChI=1S/C33H34F2N6O2/c1-19-11-20(7-8-21-13-24-14-22(21)16-40(24)9-10-43-2)12-27(37-19)33(42)39-32(30-28-15-23(34)17-41(28)18-36-30)31-29(35)25-5-3-4-6-26(25)38-31/h3-6,11-12,18,21-24,32,38H,9-10,13-17H2,1-2H3,(H,39,42)/t21-,22+,23-,24-,32-/m1/s1. The highest BCUT2D eigenvalue weighted by molar-refractivity contribution is 5.93. The highest BCUT2D eigenvalue weighted by atomic mass is 19.1. The summed E-state index contributed by atoms with van der Waals surface area (Å²) in [4.78, 5) is 28.3. The lowest BCUT2D eigenvalue weighted by Crippen LogP contribution is -2.37. The zero-order chi connectivity index (χ0) is 29.7. The molecule has 8 nitrogen and oxygen atoms in total. The number of rotatable bonds is 7. The van der Waals surface area contributed by atoms with Crippen molar-refractivity contribution in [2.24, 2.45) is 11.8 Å². The Balaban J connectivity index is 1.15. The van der Waals surface area contributed by atoms with E-state index >= 15 is 4.39 Å². The van der Waals surface area contributed by atoms with Crippen molar-refractivity contribution in [3.05, 3.63) is 82.6 Å². The van der Waals surface area contributed by atoms with Gasteiger partial charge in [0.05, 0.1) is 30.9 Å². The molecule has 3 aromatic heterocycles. The van der Waals surface area contributed by atoms with Crippen LogP contribution in [-0.4, -0.2) is 69.3 Å². The SMILES string of the molecule is COCCN1C[C@@H]2C[C@H]1C[C@H]2C#Cc1cc(C)nc(C(=O)N[C@H](c2ncn3c2C[C@@H](F)C3)c2[nH]c3ccccc3c2F)c1. The Hall–Kier alpha value is -4.07. The number of piperidine rings is 1. The number of methoxy groups -OCH3 is 1. The number of aryl methyl sites for hydroxylation is 1. The van der Waals surface area contributed by atoms with Crippen molar-refractivity contribution in [2.75, 3.05) is 26.8 Å². The normalized spacial score (nSPS) is 23.3. The van der Waals surface area contributed by atoms with Gasteiger partial charge in [0, 0.05) is 66.4 Å². The van der Waals surface area contributed by atoms with E-state index in [9.17, 15) is 9.18 Å². The molecule has 43 heavy (non-hydrogen) atoms. The van der Waals surface area contributed by atoms with E-state index < -0.39 is 23.9 Å². The largest absolute Gasteiger partial charge is 0.383 e. The van der Waals surface area contributed by atoms with E-state index in [1.165, 1.54) is 6.42 Å². The minimum atomic E-state index is -1.05. The minimum Gasteiger partial charge on any atom is -0.383 e. The third kappa shape index (κ3) is 5.21. The third-order valence-corrected chi connectivity index (χ3v) is 9.12. The maximum absolute atomic E-state index is 15.7. The summed E-state index contributed by atoms with van der Waals surface area (Å²) in [6, 6.07) is 10.2. The number of likely N-dealkylation sites (tertiary alicyclic amines) is 1. The molecule has 2 aliphatic heterocycles. The molecule has 1 saturated carbocycles. The first-order valence-corrected chi connectivity index (χ1v) is 14.9. The summed E-state index contributed by atoms with van der Waals surface area (Å²) in [6.07, 6.45) is 2.86. The van der Waals surface area contributed by atoms with Gasteiger partial charge in [0.1, 0.15) is 17.9 Å². The summed E-state index contributed by atoms with van der Waals surface area (Å²) in [5, 5.41) is 3.37. The van der Waals surface area contributed by atoms with Crippen molar-refractivity contribution in [2.45, 2.75) is 51.0 Å². The van der Waals surface area contributed by atoms with Crippen LogP contribution in [0.1, 0.15) is 57.7 Å². The van der Waals surface area contributed by atoms with Gasteiger partial charge >= 0.3 is 0 Å². The lowest BCUT2D eigenvalue weighted by atomic mass is 9.95. The van der Waals surface area contributed by atoms with Crippen LogP contribution in [-0.2, 0) is 17.7 Å². The fourth-order valence-electron chi connectivity index (χ4n) is 7.08. The molecule has 7 rings (SSSR count). The molecule has 5 heterocycles. The van der Waals surface area contributed by atoms with E-state index in [0.717, 1.165) is 26.1 Å². The summed E-state index contributed by atoms with van der Waals surface area (Å²) in [5.74, 6) is 6.69. The van der Waals surface area contributed by atoms with Gasteiger partial charge in [-0.2, -0.15) is 0 Å². The van der Waals surface area contributed by atoms with Gasteiger partial charge in [-0.05, 0) is 49.9 Å². The summed E-state index contributed by atoms with van der Waals surface area (Å²) < 4.78 is 37.0. The Bertz CT molecular complexity index is 1750. The number of imidazole rings is 1. The number of aromatic nitrogens is 4. The van der Waals surface area contributed by atoms with Crippen LogP contribution in [0, 0.1) is 36.4 Å². The van der Waals surface area contributed by atoms with E-state index in [2.05, 4.69) is 37.0 Å². The number of para-hydroxylation sites is 1. The number of hydrogen-bond donors (Lipinski definition) is 2. The fourth-order valence-corrected chi connectivity index (χ4v) is 7.08. The van der Waals surface area contributed by atoms with Gasteiger partial charge in [0.15, 0.2) is 5.82 Å². The molecule has 0 unspecified atom stereocenters. The van der Waals surface area contributed by atoms with E-state index in [-0.39, 0.29) is 24.4 Å². The summed E-state index contributed by atoms with van der Waals surface area (Å²) in [5.41, 5.74) is 3.39. The topological polar surface area (TPSA) is 88.1 Å². The number of H-pyrrole nitrogens is 1.